The van der Waals surface area contributed by atoms with Crippen LogP contribution in [0.2, 0.25) is 0 Å². The van der Waals surface area contributed by atoms with Gasteiger partial charge in [-0.2, -0.15) is 13.2 Å². The molecule has 0 amide bonds. The summed E-state index contributed by atoms with van der Waals surface area (Å²) in [7, 11) is 0. The molecule has 0 atom stereocenters. The predicted molar refractivity (Wildman–Crippen MR) is 111 cm³/mol. The van der Waals surface area contributed by atoms with Crippen molar-refractivity contribution in [2.24, 2.45) is 10.7 Å². The standard InChI is InChI=1S/C18H25F3N4O.HI/c19-18(20,21)16-12-15(24-8-10-26-11-9-24)5-4-14(16)13-23-17(22)25-6-2-1-3-7-25;/h4-5,12H,1-3,6-11,13H2,(H2,22,23);1H. The highest BCUT2D eigenvalue weighted by Crippen LogP contribution is 2.35. The van der Waals surface area contributed by atoms with Gasteiger partial charge in [-0.3, -0.25) is 0 Å². The van der Waals surface area contributed by atoms with E-state index in [2.05, 4.69) is 4.99 Å². The number of nitrogens with two attached hydrogens (primary N) is 1. The van der Waals surface area contributed by atoms with Gasteiger partial charge >= 0.3 is 6.18 Å². The van der Waals surface area contributed by atoms with E-state index in [0.29, 0.717) is 38.0 Å². The highest BCUT2D eigenvalue weighted by atomic mass is 127. The van der Waals surface area contributed by atoms with Gasteiger partial charge in [0.25, 0.3) is 0 Å². The zero-order valence-corrected chi connectivity index (χ0v) is 17.5. The monoisotopic (exact) mass is 498 g/mol. The molecule has 0 aliphatic carbocycles. The second-order valence-corrected chi connectivity index (χ2v) is 6.66. The molecule has 0 unspecified atom stereocenters. The Bertz CT molecular complexity index is 642. The van der Waals surface area contributed by atoms with Gasteiger partial charge in [0.2, 0.25) is 0 Å². The largest absolute Gasteiger partial charge is 0.416 e. The molecular weight excluding hydrogens is 472 g/mol. The van der Waals surface area contributed by atoms with Gasteiger partial charge in [0.1, 0.15) is 0 Å². The molecule has 3 rings (SSSR count). The fourth-order valence-corrected chi connectivity index (χ4v) is 3.37. The summed E-state index contributed by atoms with van der Waals surface area (Å²) in [6, 6.07) is 4.45. The fourth-order valence-electron chi connectivity index (χ4n) is 3.37. The first-order chi connectivity index (χ1) is 12.4. The molecule has 27 heavy (non-hydrogen) atoms. The van der Waals surface area contributed by atoms with Gasteiger partial charge in [0, 0.05) is 31.9 Å². The van der Waals surface area contributed by atoms with Crippen molar-refractivity contribution >= 4 is 35.6 Å². The van der Waals surface area contributed by atoms with Crippen LogP contribution in [-0.2, 0) is 17.5 Å². The normalized spacial score (nSPS) is 19.0. The molecule has 2 saturated heterocycles. The van der Waals surface area contributed by atoms with Crippen LogP contribution < -0.4 is 10.6 Å². The lowest BCUT2D eigenvalue weighted by molar-refractivity contribution is -0.138. The Morgan fingerprint density at radius 3 is 2.37 bits per heavy atom. The van der Waals surface area contributed by atoms with E-state index in [-0.39, 0.29) is 36.1 Å². The number of piperidine rings is 1. The first kappa shape index (κ1) is 22.1. The number of ether oxygens (including phenoxy) is 1. The molecule has 0 radical (unpaired) electrons. The van der Waals surface area contributed by atoms with Gasteiger partial charge in [-0.25, -0.2) is 4.99 Å². The lowest BCUT2D eigenvalue weighted by atomic mass is 10.1. The number of anilines is 1. The van der Waals surface area contributed by atoms with Crippen LogP contribution in [0.25, 0.3) is 0 Å². The summed E-state index contributed by atoms with van der Waals surface area (Å²) in [5, 5.41) is 0. The van der Waals surface area contributed by atoms with E-state index >= 15 is 0 Å². The van der Waals surface area contributed by atoms with E-state index in [9.17, 15) is 13.2 Å². The molecule has 0 spiro atoms. The number of hydrogen-bond donors (Lipinski definition) is 1. The number of aliphatic imine (C=N–C) groups is 1. The van der Waals surface area contributed by atoms with Crippen LogP contribution in [0.5, 0.6) is 0 Å². The van der Waals surface area contributed by atoms with Gasteiger partial charge in [0.05, 0.1) is 25.3 Å². The first-order valence-electron chi connectivity index (χ1n) is 9.03. The number of alkyl halides is 3. The number of morpholine rings is 1. The van der Waals surface area contributed by atoms with E-state index in [4.69, 9.17) is 10.5 Å². The number of likely N-dealkylation sites (tertiary alicyclic amines) is 1. The Morgan fingerprint density at radius 1 is 1.07 bits per heavy atom. The zero-order chi connectivity index (χ0) is 18.6. The maximum atomic E-state index is 13.5. The Kier molecular flexibility index (Phi) is 8.02. The molecular formula is C18H26F3IN4O. The molecule has 2 aliphatic rings. The van der Waals surface area contributed by atoms with Crippen LogP contribution in [0.4, 0.5) is 18.9 Å². The molecule has 1 aromatic rings. The van der Waals surface area contributed by atoms with Crippen molar-refractivity contribution in [3.63, 3.8) is 0 Å². The number of nitrogens with zero attached hydrogens (tertiary/aromatic N) is 3. The van der Waals surface area contributed by atoms with Crippen LogP contribution in [0.1, 0.15) is 30.4 Å². The van der Waals surface area contributed by atoms with Crippen molar-refractivity contribution in [3.05, 3.63) is 29.3 Å². The molecule has 0 saturated carbocycles. The summed E-state index contributed by atoms with van der Waals surface area (Å²) < 4.78 is 45.9. The highest BCUT2D eigenvalue weighted by Gasteiger charge is 2.34. The Labute approximate surface area is 174 Å². The van der Waals surface area contributed by atoms with E-state index < -0.39 is 11.7 Å². The van der Waals surface area contributed by atoms with E-state index in [1.807, 2.05) is 9.80 Å². The Hall–Kier alpha value is -1.23. The predicted octanol–water partition coefficient (Wildman–Crippen LogP) is 3.46. The summed E-state index contributed by atoms with van der Waals surface area (Å²) in [5.74, 6) is 0.329. The molecule has 152 valence electrons. The summed E-state index contributed by atoms with van der Waals surface area (Å²) in [5.41, 5.74) is 6.05. The van der Waals surface area contributed by atoms with Gasteiger partial charge in [-0.15, -0.1) is 24.0 Å². The van der Waals surface area contributed by atoms with Gasteiger partial charge in [0.15, 0.2) is 5.96 Å². The molecule has 2 N–H and O–H groups in total. The van der Waals surface area contributed by atoms with Crippen molar-refractivity contribution in [1.29, 1.82) is 0 Å². The molecule has 5 nitrogen and oxygen atoms in total. The molecule has 9 heteroatoms. The van der Waals surface area contributed by atoms with Crippen molar-refractivity contribution in [2.45, 2.75) is 32.0 Å². The number of rotatable bonds is 3. The number of benzene rings is 1. The van der Waals surface area contributed by atoms with Gasteiger partial charge in [-0.05, 0) is 37.0 Å². The quantitative estimate of drug-likeness (QED) is 0.394. The van der Waals surface area contributed by atoms with Crippen LogP contribution in [-0.4, -0.2) is 50.3 Å². The van der Waals surface area contributed by atoms with Crippen LogP contribution in [0.15, 0.2) is 23.2 Å². The van der Waals surface area contributed by atoms with Gasteiger partial charge in [-0.1, -0.05) is 6.07 Å². The van der Waals surface area contributed by atoms with Crippen molar-refractivity contribution < 1.29 is 17.9 Å². The Morgan fingerprint density at radius 2 is 1.74 bits per heavy atom. The summed E-state index contributed by atoms with van der Waals surface area (Å²) in [4.78, 5) is 8.08. The van der Waals surface area contributed by atoms with E-state index in [1.54, 1.807) is 6.07 Å². The topological polar surface area (TPSA) is 54.1 Å². The van der Waals surface area contributed by atoms with E-state index in [0.717, 1.165) is 32.4 Å². The molecule has 0 bridgehead atoms. The first-order valence-corrected chi connectivity index (χ1v) is 9.03. The number of halogens is 4. The molecule has 0 aromatic heterocycles. The lowest BCUT2D eigenvalue weighted by Crippen LogP contribution is -2.40. The van der Waals surface area contributed by atoms with Crippen LogP contribution in [0.3, 0.4) is 0 Å². The van der Waals surface area contributed by atoms with E-state index in [1.165, 1.54) is 12.1 Å². The van der Waals surface area contributed by atoms with Crippen molar-refractivity contribution in [2.75, 3.05) is 44.3 Å². The SMILES string of the molecule is I.NC(=NCc1ccc(N2CCOCC2)cc1C(F)(F)F)N1CCCCC1. The van der Waals surface area contributed by atoms with Crippen molar-refractivity contribution in [3.8, 4) is 0 Å². The number of hydrogen-bond acceptors (Lipinski definition) is 3. The lowest BCUT2D eigenvalue weighted by Gasteiger charge is -2.30. The summed E-state index contributed by atoms with van der Waals surface area (Å²) in [6.07, 6.45) is -1.19. The third-order valence-electron chi connectivity index (χ3n) is 4.87. The fraction of sp³-hybridized carbons (Fsp3) is 0.611. The third kappa shape index (κ3) is 5.87. The maximum absolute atomic E-state index is 13.5. The smallest absolute Gasteiger partial charge is 0.378 e. The second kappa shape index (κ2) is 9.81. The molecule has 1 aromatic carbocycles. The van der Waals surface area contributed by atoms with Crippen LogP contribution in [0, 0.1) is 0 Å². The zero-order valence-electron chi connectivity index (χ0n) is 15.2. The molecule has 2 aliphatic heterocycles. The average Bonchev–Trinajstić information content (AvgIpc) is 2.66. The minimum Gasteiger partial charge on any atom is -0.378 e. The number of guanidine groups is 1. The van der Waals surface area contributed by atoms with Crippen LogP contribution >= 0.6 is 24.0 Å². The minimum atomic E-state index is -4.42. The Balaban J connectivity index is 0.00000261. The van der Waals surface area contributed by atoms with Gasteiger partial charge < -0.3 is 20.3 Å². The highest BCUT2D eigenvalue weighted by molar-refractivity contribution is 14.0. The second-order valence-electron chi connectivity index (χ2n) is 6.66. The summed E-state index contributed by atoms with van der Waals surface area (Å²) in [6.45, 7) is 3.81. The maximum Gasteiger partial charge on any atom is 0.416 e. The van der Waals surface area contributed by atoms with Crippen molar-refractivity contribution in [1.82, 2.24) is 4.90 Å². The third-order valence-corrected chi connectivity index (χ3v) is 4.87. The summed E-state index contributed by atoms with van der Waals surface area (Å²) >= 11 is 0. The molecule has 2 fully saturated rings. The minimum absolute atomic E-state index is 0. The molecule has 2 heterocycles. The average molecular weight is 498 g/mol.